The molecule has 0 aliphatic heterocycles. The Kier molecular flexibility index (Phi) is 5.23. The standard InChI is InChI=1S/C12H17NO5/c1-17-10-9(15)8(6-4-3-5-7-14)11(16)13-12(10)18-2/h7H,3-6H2,1-2H3,(H2,13,15,16). The molecular formula is C12H17NO5. The fourth-order valence-corrected chi connectivity index (χ4v) is 1.68. The number of aromatic nitrogens is 1. The third-order valence-electron chi connectivity index (χ3n) is 2.62. The van der Waals surface area contributed by atoms with E-state index < -0.39 is 5.56 Å². The Hall–Kier alpha value is -1.98. The number of pyridine rings is 1. The third-order valence-corrected chi connectivity index (χ3v) is 2.62. The summed E-state index contributed by atoms with van der Waals surface area (Å²) >= 11 is 0. The molecule has 6 nitrogen and oxygen atoms in total. The number of hydrogen-bond donors (Lipinski definition) is 2. The normalized spacial score (nSPS) is 10.1. The van der Waals surface area contributed by atoms with Crippen molar-refractivity contribution in [2.75, 3.05) is 14.2 Å². The van der Waals surface area contributed by atoms with Gasteiger partial charge in [-0.25, -0.2) is 0 Å². The lowest BCUT2D eigenvalue weighted by molar-refractivity contribution is -0.107. The molecule has 0 fully saturated rings. The van der Waals surface area contributed by atoms with E-state index in [9.17, 15) is 14.7 Å². The molecule has 0 saturated heterocycles. The van der Waals surface area contributed by atoms with Crippen molar-refractivity contribution < 1.29 is 19.4 Å². The number of aldehydes is 1. The lowest BCUT2D eigenvalue weighted by Gasteiger charge is -2.11. The fourth-order valence-electron chi connectivity index (χ4n) is 1.68. The number of aromatic hydroxyl groups is 1. The van der Waals surface area contributed by atoms with Crippen LogP contribution in [0.5, 0.6) is 17.4 Å². The van der Waals surface area contributed by atoms with Crippen LogP contribution >= 0.6 is 0 Å². The van der Waals surface area contributed by atoms with E-state index in [-0.39, 0.29) is 22.9 Å². The molecule has 0 radical (unpaired) electrons. The van der Waals surface area contributed by atoms with Crippen molar-refractivity contribution in [3.05, 3.63) is 15.9 Å². The van der Waals surface area contributed by atoms with Gasteiger partial charge in [0.2, 0.25) is 11.6 Å². The number of nitrogens with one attached hydrogen (secondary N) is 1. The van der Waals surface area contributed by atoms with Gasteiger partial charge in [0.1, 0.15) is 6.29 Å². The number of unbranched alkanes of at least 4 members (excludes halogenated alkanes) is 2. The van der Waals surface area contributed by atoms with Crippen molar-refractivity contribution in [2.24, 2.45) is 0 Å². The predicted octanol–water partition coefficient (Wildman–Crippen LogP) is 1.01. The predicted molar refractivity (Wildman–Crippen MR) is 65.5 cm³/mol. The van der Waals surface area contributed by atoms with Crippen LogP contribution in [0, 0.1) is 0 Å². The van der Waals surface area contributed by atoms with Crippen LogP contribution in [0.1, 0.15) is 24.8 Å². The largest absolute Gasteiger partial charge is 0.504 e. The Morgan fingerprint density at radius 2 is 2.00 bits per heavy atom. The highest BCUT2D eigenvalue weighted by Gasteiger charge is 2.17. The quantitative estimate of drug-likeness (QED) is 0.560. The van der Waals surface area contributed by atoms with Crippen LogP contribution in [-0.2, 0) is 11.2 Å². The van der Waals surface area contributed by atoms with Gasteiger partial charge in [-0.05, 0) is 19.3 Å². The SMILES string of the molecule is COc1[nH]c(=O)c(CCCCC=O)c(O)c1OC. The number of rotatable bonds is 7. The van der Waals surface area contributed by atoms with Crippen molar-refractivity contribution in [1.29, 1.82) is 0 Å². The molecule has 0 aliphatic carbocycles. The number of carbonyl (C=O) groups is 1. The van der Waals surface area contributed by atoms with Crippen molar-refractivity contribution in [3.8, 4) is 17.4 Å². The monoisotopic (exact) mass is 255 g/mol. The van der Waals surface area contributed by atoms with E-state index in [2.05, 4.69) is 4.98 Å². The summed E-state index contributed by atoms with van der Waals surface area (Å²) in [6.45, 7) is 0. The van der Waals surface area contributed by atoms with E-state index >= 15 is 0 Å². The highest BCUT2D eigenvalue weighted by Crippen LogP contribution is 2.35. The Morgan fingerprint density at radius 3 is 2.56 bits per heavy atom. The maximum atomic E-state index is 11.7. The number of methoxy groups -OCH3 is 2. The minimum atomic E-state index is -0.406. The van der Waals surface area contributed by atoms with E-state index in [1.54, 1.807) is 0 Å². The summed E-state index contributed by atoms with van der Waals surface area (Å²) in [7, 11) is 2.75. The van der Waals surface area contributed by atoms with Gasteiger partial charge < -0.3 is 19.4 Å². The molecule has 1 heterocycles. The molecule has 0 aromatic carbocycles. The first-order chi connectivity index (χ1) is 8.65. The molecule has 1 aromatic heterocycles. The Labute approximate surface area is 105 Å². The molecule has 18 heavy (non-hydrogen) atoms. The summed E-state index contributed by atoms with van der Waals surface area (Å²) in [5, 5.41) is 9.94. The highest BCUT2D eigenvalue weighted by molar-refractivity contribution is 5.51. The molecule has 0 atom stereocenters. The van der Waals surface area contributed by atoms with Gasteiger partial charge in [-0.3, -0.25) is 9.78 Å². The zero-order valence-corrected chi connectivity index (χ0v) is 10.5. The molecule has 0 amide bonds. The fraction of sp³-hybridized carbons (Fsp3) is 0.500. The summed E-state index contributed by atoms with van der Waals surface area (Å²) in [4.78, 5) is 24.4. The number of aromatic amines is 1. The maximum absolute atomic E-state index is 11.7. The van der Waals surface area contributed by atoms with E-state index in [0.29, 0.717) is 25.7 Å². The second-order valence-electron chi connectivity index (χ2n) is 3.76. The van der Waals surface area contributed by atoms with Crippen LogP contribution in [0.4, 0.5) is 0 Å². The van der Waals surface area contributed by atoms with Crippen LogP contribution in [0.15, 0.2) is 4.79 Å². The first kappa shape index (κ1) is 14.1. The first-order valence-corrected chi connectivity index (χ1v) is 5.65. The summed E-state index contributed by atoms with van der Waals surface area (Å²) in [5.41, 5.74) is -0.158. The number of H-pyrrole nitrogens is 1. The van der Waals surface area contributed by atoms with Crippen LogP contribution in [-0.4, -0.2) is 30.6 Å². The van der Waals surface area contributed by atoms with Crippen LogP contribution < -0.4 is 15.0 Å². The van der Waals surface area contributed by atoms with E-state index in [0.717, 1.165) is 6.29 Å². The molecule has 1 rings (SSSR count). The lowest BCUT2D eigenvalue weighted by atomic mass is 10.1. The second kappa shape index (κ2) is 6.68. The van der Waals surface area contributed by atoms with Gasteiger partial charge in [-0.2, -0.15) is 0 Å². The molecule has 0 saturated carbocycles. The third kappa shape index (κ3) is 3.03. The summed E-state index contributed by atoms with van der Waals surface area (Å²) in [6, 6.07) is 0. The van der Waals surface area contributed by atoms with Gasteiger partial charge >= 0.3 is 0 Å². The van der Waals surface area contributed by atoms with Gasteiger partial charge in [0.15, 0.2) is 5.75 Å². The molecule has 6 heteroatoms. The molecule has 1 aromatic rings. The molecule has 100 valence electrons. The van der Waals surface area contributed by atoms with Gasteiger partial charge in [-0.1, -0.05) is 0 Å². The van der Waals surface area contributed by atoms with Gasteiger partial charge in [0.25, 0.3) is 5.56 Å². The zero-order chi connectivity index (χ0) is 13.5. The molecule has 2 N–H and O–H groups in total. The van der Waals surface area contributed by atoms with E-state index in [4.69, 9.17) is 9.47 Å². The summed E-state index contributed by atoms with van der Waals surface area (Å²) in [5.74, 6) is 0.00309. The Morgan fingerprint density at radius 1 is 1.28 bits per heavy atom. The molecule has 0 bridgehead atoms. The Balaban J connectivity index is 2.97. The molecular weight excluding hydrogens is 238 g/mol. The zero-order valence-electron chi connectivity index (χ0n) is 10.5. The number of ether oxygens (including phenoxy) is 2. The van der Waals surface area contributed by atoms with Gasteiger partial charge in [0, 0.05) is 6.42 Å². The van der Waals surface area contributed by atoms with Crippen molar-refractivity contribution >= 4 is 6.29 Å². The van der Waals surface area contributed by atoms with Gasteiger partial charge in [-0.15, -0.1) is 0 Å². The first-order valence-electron chi connectivity index (χ1n) is 5.65. The minimum absolute atomic E-state index is 0.0941. The summed E-state index contributed by atoms with van der Waals surface area (Å²) in [6.07, 6.45) is 2.99. The van der Waals surface area contributed by atoms with E-state index in [1.165, 1.54) is 14.2 Å². The Bertz CT molecular complexity index is 466. The smallest absolute Gasteiger partial charge is 0.257 e. The summed E-state index contributed by atoms with van der Waals surface area (Å²) < 4.78 is 9.90. The van der Waals surface area contributed by atoms with Crippen molar-refractivity contribution in [2.45, 2.75) is 25.7 Å². The van der Waals surface area contributed by atoms with Crippen LogP contribution in [0.25, 0.3) is 0 Å². The highest BCUT2D eigenvalue weighted by atomic mass is 16.5. The average Bonchev–Trinajstić information content (AvgIpc) is 2.37. The van der Waals surface area contributed by atoms with Crippen LogP contribution in [0.2, 0.25) is 0 Å². The topological polar surface area (TPSA) is 88.6 Å². The lowest BCUT2D eigenvalue weighted by Crippen LogP contribution is -2.15. The maximum Gasteiger partial charge on any atom is 0.257 e. The minimum Gasteiger partial charge on any atom is -0.504 e. The molecule has 0 spiro atoms. The van der Waals surface area contributed by atoms with E-state index in [1.807, 2.05) is 0 Å². The second-order valence-corrected chi connectivity index (χ2v) is 3.76. The molecule has 0 unspecified atom stereocenters. The number of carbonyl (C=O) groups excluding carboxylic acids is 1. The van der Waals surface area contributed by atoms with Gasteiger partial charge in [0.05, 0.1) is 19.8 Å². The van der Waals surface area contributed by atoms with Crippen LogP contribution in [0.3, 0.4) is 0 Å². The van der Waals surface area contributed by atoms with Crippen molar-refractivity contribution in [1.82, 2.24) is 4.98 Å². The number of hydrogen-bond acceptors (Lipinski definition) is 5. The average molecular weight is 255 g/mol. The molecule has 0 aliphatic rings. The van der Waals surface area contributed by atoms with Crippen molar-refractivity contribution in [3.63, 3.8) is 0 Å².